The molecule has 2 aliphatic heterocycles. The number of esters is 1. The quantitative estimate of drug-likeness (QED) is 0.192. The van der Waals surface area contributed by atoms with Crippen LogP contribution in [0.2, 0.25) is 0 Å². The Bertz CT molecular complexity index is 1360. The number of alkyl halides is 2. The van der Waals surface area contributed by atoms with E-state index < -0.39 is 13.1 Å². The number of rotatable bonds is 6. The maximum atomic E-state index is 12.9. The normalized spacial score (nSPS) is 19.9. The van der Waals surface area contributed by atoms with Gasteiger partial charge in [-0.2, -0.15) is 8.78 Å². The molecule has 3 heterocycles. The SMILES string of the molecule is COC(=O)c1cc2c(s1)C=C(c1ccccc1)N(C)P2(=Nc1ccc(SC(F)F)cc1)N1CCOCC1. The molecule has 0 aliphatic carbocycles. The van der Waals surface area contributed by atoms with E-state index in [1.807, 2.05) is 31.3 Å². The first-order chi connectivity index (χ1) is 17.9. The minimum Gasteiger partial charge on any atom is -0.465 e. The summed E-state index contributed by atoms with van der Waals surface area (Å²) in [5.74, 6) is -2.87. The van der Waals surface area contributed by atoms with E-state index in [-0.39, 0.29) is 5.97 Å². The second kappa shape index (κ2) is 11.1. The van der Waals surface area contributed by atoms with Crippen molar-refractivity contribution in [2.75, 3.05) is 40.5 Å². The molecule has 1 aromatic heterocycles. The summed E-state index contributed by atoms with van der Waals surface area (Å²) in [4.78, 5) is 14.5. The average molecular weight is 562 g/mol. The molecule has 0 N–H and O–H groups in total. The predicted molar refractivity (Wildman–Crippen MR) is 147 cm³/mol. The second-order valence-corrected chi connectivity index (χ2v) is 13.5. The minimum atomic E-state index is -2.67. The van der Waals surface area contributed by atoms with Gasteiger partial charge in [-0.05, 0) is 42.0 Å². The van der Waals surface area contributed by atoms with Crippen LogP contribution >= 0.6 is 30.5 Å². The van der Waals surface area contributed by atoms with Crippen LogP contribution in [0.4, 0.5) is 14.5 Å². The van der Waals surface area contributed by atoms with Gasteiger partial charge in [-0.25, -0.2) is 14.2 Å². The average Bonchev–Trinajstić information content (AvgIpc) is 3.36. The van der Waals surface area contributed by atoms with E-state index in [9.17, 15) is 13.6 Å². The Kier molecular flexibility index (Phi) is 7.83. The predicted octanol–water partition coefficient (Wildman–Crippen LogP) is 6.61. The molecule has 0 amide bonds. The lowest BCUT2D eigenvalue weighted by atomic mass is 10.1. The fourth-order valence-electron chi connectivity index (χ4n) is 4.56. The lowest BCUT2D eigenvalue weighted by molar-refractivity contribution is 0.0606. The first kappa shape index (κ1) is 26.1. The monoisotopic (exact) mass is 561 g/mol. The Morgan fingerprint density at radius 1 is 1.14 bits per heavy atom. The van der Waals surface area contributed by atoms with Gasteiger partial charge in [0.15, 0.2) is 7.36 Å². The van der Waals surface area contributed by atoms with Crippen LogP contribution in [0, 0.1) is 0 Å². The Morgan fingerprint density at radius 2 is 1.84 bits per heavy atom. The van der Waals surface area contributed by atoms with Gasteiger partial charge in [0.1, 0.15) is 4.88 Å². The van der Waals surface area contributed by atoms with E-state index in [1.165, 1.54) is 18.4 Å². The van der Waals surface area contributed by atoms with Gasteiger partial charge in [0.2, 0.25) is 0 Å². The fraction of sp³-hybridized carbons (Fsp3) is 0.269. The Balaban J connectivity index is 1.75. The van der Waals surface area contributed by atoms with Crippen molar-refractivity contribution >= 4 is 59.2 Å². The van der Waals surface area contributed by atoms with E-state index in [0.717, 1.165) is 21.4 Å². The highest BCUT2D eigenvalue weighted by Crippen LogP contribution is 2.63. The summed E-state index contributed by atoms with van der Waals surface area (Å²) >= 11 is 1.91. The second-order valence-electron chi connectivity index (χ2n) is 8.38. The molecule has 1 atom stereocenters. The first-order valence-electron chi connectivity index (χ1n) is 11.7. The maximum absolute atomic E-state index is 12.9. The molecule has 11 heteroatoms. The number of methoxy groups -OCH3 is 1. The Hall–Kier alpha value is -2.49. The molecule has 3 aromatic rings. The molecule has 0 bridgehead atoms. The number of fused-ring (bicyclic) bond motifs is 1. The van der Waals surface area contributed by atoms with E-state index in [0.29, 0.717) is 53.5 Å². The van der Waals surface area contributed by atoms with Crippen molar-refractivity contribution in [3.8, 4) is 0 Å². The van der Waals surface area contributed by atoms with Crippen molar-refractivity contribution < 1.29 is 23.0 Å². The molecule has 194 valence electrons. The number of nitrogens with zero attached hydrogens (tertiary/aromatic N) is 3. The largest absolute Gasteiger partial charge is 0.465 e. The van der Waals surface area contributed by atoms with E-state index >= 15 is 0 Å². The molecule has 5 rings (SSSR count). The summed E-state index contributed by atoms with van der Waals surface area (Å²) in [6.07, 6.45) is 2.11. The number of benzene rings is 2. The third-order valence-electron chi connectivity index (χ3n) is 6.25. The number of thiophene rings is 1. The molecule has 1 unspecified atom stereocenters. The summed E-state index contributed by atoms with van der Waals surface area (Å²) < 4.78 is 46.5. The first-order valence-corrected chi connectivity index (χ1v) is 15.0. The van der Waals surface area contributed by atoms with Crippen LogP contribution in [-0.4, -0.2) is 61.5 Å². The van der Waals surface area contributed by atoms with Gasteiger partial charge in [0.25, 0.3) is 5.76 Å². The molecule has 2 aromatic carbocycles. The van der Waals surface area contributed by atoms with Crippen LogP contribution < -0.4 is 5.30 Å². The van der Waals surface area contributed by atoms with Gasteiger partial charge in [0.05, 0.1) is 31.7 Å². The highest BCUT2D eigenvalue weighted by atomic mass is 32.2. The van der Waals surface area contributed by atoms with Crippen LogP contribution in [0.3, 0.4) is 0 Å². The summed E-state index contributed by atoms with van der Waals surface area (Å²) in [5, 5.41) is 0.980. The standard InChI is InChI=1S/C26H26F2N3O3PS2/c1-30-21(18-6-4-3-5-7-18)16-23-22(17-24(37-23)25(32)33-2)35(30,31-12-14-34-15-13-31)29-19-8-10-20(11-9-19)36-26(27)28/h3-11,16-17,26H,12-15H2,1-2H3. The number of hydrogen-bond acceptors (Lipinski definition) is 6. The highest BCUT2D eigenvalue weighted by molar-refractivity contribution is 7.99. The number of carbonyl (C=O) groups excluding carboxylic acids is 1. The van der Waals surface area contributed by atoms with Crippen molar-refractivity contribution in [1.82, 2.24) is 9.34 Å². The van der Waals surface area contributed by atoms with Crippen molar-refractivity contribution in [2.24, 2.45) is 4.74 Å². The number of ether oxygens (including phenoxy) is 2. The van der Waals surface area contributed by atoms with Gasteiger partial charge < -0.3 is 14.1 Å². The van der Waals surface area contributed by atoms with Crippen molar-refractivity contribution in [3.63, 3.8) is 0 Å². The molecule has 2 aliphatic rings. The summed E-state index contributed by atoms with van der Waals surface area (Å²) in [6, 6.07) is 18.9. The Morgan fingerprint density at radius 3 is 2.49 bits per heavy atom. The molecular formula is C26H26F2N3O3PS2. The van der Waals surface area contributed by atoms with Gasteiger partial charge in [-0.1, -0.05) is 42.1 Å². The molecule has 0 radical (unpaired) electrons. The lowest BCUT2D eigenvalue weighted by Crippen LogP contribution is -2.42. The van der Waals surface area contributed by atoms with Crippen LogP contribution in [0.15, 0.2) is 70.3 Å². The van der Waals surface area contributed by atoms with Gasteiger partial charge in [-0.3, -0.25) is 0 Å². The zero-order valence-corrected chi connectivity index (χ0v) is 22.9. The zero-order chi connectivity index (χ0) is 26.0. The van der Waals surface area contributed by atoms with Crippen LogP contribution in [-0.2, 0) is 9.47 Å². The van der Waals surface area contributed by atoms with Crippen LogP contribution in [0.1, 0.15) is 20.1 Å². The molecule has 0 saturated carbocycles. The molecule has 1 saturated heterocycles. The molecule has 1 fully saturated rings. The highest BCUT2D eigenvalue weighted by Gasteiger charge is 2.42. The third kappa shape index (κ3) is 5.13. The number of halogens is 2. The summed E-state index contributed by atoms with van der Waals surface area (Å²) in [7, 11) is 0.757. The number of carbonyl (C=O) groups is 1. The van der Waals surface area contributed by atoms with Gasteiger partial charge in [-0.15, -0.1) is 11.3 Å². The van der Waals surface area contributed by atoms with E-state index in [4.69, 9.17) is 14.2 Å². The minimum absolute atomic E-state index is 0.384. The zero-order valence-electron chi connectivity index (χ0n) is 20.3. The number of morpholine rings is 1. The number of thioether (sulfide) groups is 1. The van der Waals surface area contributed by atoms with Gasteiger partial charge >= 0.3 is 5.97 Å². The Labute approximate surface area is 223 Å². The fourth-order valence-corrected chi connectivity index (χ4v) is 10.3. The van der Waals surface area contributed by atoms with E-state index in [1.54, 1.807) is 24.3 Å². The molecule has 6 nitrogen and oxygen atoms in total. The topological polar surface area (TPSA) is 54.4 Å². The van der Waals surface area contributed by atoms with Crippen LogP contribution in [0.5, 0.6) is 0 Å². The summed E-state index contributed by atoms with van der Waals surface area (Å²) in [5.41, 5.74) is 2.73. The molecule has 37 heavy (non-hydrogen) atoms. The summed E-state index contributed by atoms with van der Waals surface area (Å²) in [6.45, 7) is 2.49. The maximum Gasteiger partial charge on any atom is 0.348 e. The third-order valence-corrected chi connectivity index (χ3v) is 12.0. The lowest BCUT2D eigenvalue weighted by Gasteiger charge is -2.47. The van der Waals surface area contributed by atoms with Crippen molar-refractivity contribution in [3.05, 3.63) is 76.0 Å². The smallest absolute Gasteiger partial charge is 0.348 e. The van der Waals surface area contributed by atoms with Crippen LogP contribution in [0.25, 0.3) is 11.8 Å². The van der Waals surface area contributed by atoms with E-state index in [2.05, 4.69) is 27.5 Å². The van der Waals surface area contributed by atoms with Crippen molar-refractivity contribution in [2.45, 2.75) is 10.7 Å². The van der Waals surface area contributed by atoms with Gasteiger partial charge in [0, 0.05) is 35.2 Å². The molecule has 0 spiro atoms. The molecular weight excluding hydrogens is 535 g/mol. The van der Waals surface area contributed by atoms with Crippen molar-refractivity contribution in [1.29, 1.82) is 0 Å². The number of hydrogen-bond donors (Lipinski definition) is 0.